The SMILES string of the molecule is O=c1ccncn1C1COCC1O. The second-order valence-corrected chi connectivity index (χ2v) is 3.00. The Hall–Kier alpha value is -1.20. The molecule has 2 rings (SSSR count). The van der Waals surface area contributed by atoms with Gasteiger partial charge in [-0.2, -0.15) is 0 Å². The maximum absolute atomic E-state index is 11.3. The van der Waals surface area contributed by atoms with Crippen molar-refractivity contribution in [1.29, 1.82) is 0 Å². The van der Waals surface area contributed by atoms with Gasteiger partial charge >= 0.3 is 0 Å². The van der Waals surface area contributed by atoms with Gasteiger partial charge < -0.3 is 9.84 Å². The van der Waals surface area contributed by atoms with E-state index in [2.05, 4.69) is 4.98 Å². The van der Waals surface area contributed by atoms with Gasteiger partial charge in [0, 0.05) is 12.3 Å². The highest BCUT2D eigenvalue weighted by Gasteiger charge is 2.28. The van der Waals surface area contributed by atoms with Crippen LogP contribution in [0.1, 0.15) is 6.04 Å². The van der Waals surface area contributed by atoms with Crippen molar-refractivity contribution in [2.75, 3.05) is 13.2 Å². The lowest BCUT2D eigenvalue weighted by atomic mass is 10.2. The first kappa shape index (κ1) is 8.40. The molecule has 1 N–H and O–H groups in total. The van der Waals surface area contributed by atoms with Crippen molar-refractivity contribution >= 4 is 0 Å². The maximum atomic E-state index is 11.3. The summed E-state index contributed by atoms with van der Waals surface area (Å²) >= 11 is 0. The van der Waals surface area contributed by atoms with Gasteiger partial charge in [0.15, 0.2) is 0 Å². The second-order valence-electron chi connectivity index (χ2n) is 3.00. The molecular weight excluding hydrogens is 172 g/mol. The minimum absolute atomic E-state index is 0.162. The van der Waals surface area contributed by atoms with Crippen molar-refractivity contribution < 1.29 is 9.84 Å². The highest BCUT2D eigenvalue weighted by Crippen LogP contribution is 2.16. The maximum Gasteiger partial charge on any atom is 0.253 e. The van der Waals surface area contributed by atoms with E-state index >= 15 is 0 Å². The predicted molar refractivity (Wildman–Crippen MR) is 44.4 cm³/mol. The van der Waals surface area contributed by atoms with Crippen LogP contribution in [0.3, 0.4) is 0 Å². The van der Waals surface area contributed by atoms with Crippen LogP contribution < -0.4 is 5.56 Å². The summed E-state index contributed by atoms with van der Waals surface area (Å²) in [5.41, 5.74) is -0.162. The normalized spacial score (nSPS) is 27.8. The molecule has 1 aromatic rings. The van der Waals surface area contributed by atoms with E-state index in [1.54, 1.807) is 0 Å². The molecule has 70 valence electrons. The Morgan fingerprint density at radius 3 is 3.08 bits per heavy atom. The van der Waals surface area contributed by atoms with Gasteiger partial charge in [-0.15, -0.1) is 0 Å². The van der Waals surface area contributed by atoms with Crippen LogP contribution in [-0.2, 0) is 4.74 Å². The van der Waals surface area contributed by atoms with Crippen LogP contribution in [0.25, 0.3) is 0 Å². The zero-order chi connectivity index (χ0) is 9.26. The zero-order valence-corrected chi connectivity index (χ0v) is 6.96. The topological polar surface area (TPSA) is 64.4 Å². The van der Waals surface area contributed by atoms with Crippen LogP contribution in [0, 0.1) is 0 Å². The molecule has 1 saturated heterocycles. The Morgan fingerprint density at radius 1 is 1.62 bits per heavy atom. The van der Waals surface area contributed by atoms with Gasteiger partial charge in [-0.1, -0.05) is 0 Å². The van der Waals surface area contributed by atoms with Crippen molar-refractivity contribution in [1.82, 2.24) is 9.55 Å². The summed E-state index contributed by atoms with van der Waals surface area (Å²) in [6, 6.07) is 1.08. The molecule has 0 spiro atoms. The molecule has 1 aliphatic heterocycles. The fourth-order valence-corrected chi connectivity index (χ4v) is 1.41. The van der Waals surface area contributed by atoms with Crippen molar-refractivity contribution in [2.24, 2.45) is 0 Å². The Kier molecular flexibility index (Phi) is 2.12. The lowest BCUT2D eigenvalue weighted by Gasteiger charge is -2.14. The average Bonchev–Trinajstić information content (AvgIpc) is 2.52. The molecule has 1 aromatic heterocycles. The number of rotatable bonds is 1. The summed E-state index contributed by atoms with van der Waals surface area (Å²) in [7, 11) is 0. The van der Waals surface area contributed by atoms with Crippen molar-refractivity contribution in [2.45, 2.75) is 12.1 Å². The lowest BCUT2D eigenvalue weighted by Crippen LogP contribution is -2.30. The monoisotopic (exact) mass is 182 g/mol. The number of ether oxygens (including phenoxy) is 1. The largest absolute Gasteiger partial charge is 0.388 e. The minimum Gasteiger partial charge on any atom is -0.388 e. The van der Waals surface area contributed by atoms with Crippen molar-refractivity contribution in [3.05, 3.63) is 28.9 Å². The Balaban J connectivity index is 2.35. The molecule has 0 saturated carbocycles. The molecule has 2 atom stereocenters. The van der Waals surface area contributed by atoms with Crippen LogP contribution in [0.2, 0.25) is 0 Å². The number of hydrogen-bond acceptors (Lipinski definition) is 4. The highest BCUT2D eigenvalue weighted by molar-refractivity contribution is 4.89. The number of aromatic nitrogens is 2. The second kappa shape index (κ2) is 3.27. The van der Waals surface area contributed by atoms with E-state index in [0.29, 0.717) is 6.61 Å². The van der Waals surface area contributed by atoms with Gasteiger partial charge in [0.05, 0.1) is 25.6 Å². The van der Waals surface area contributed by atoms with Gasteiger partial charge in [-0.3, -0.25) is 9.36 Å². The summed E-state index contributed by atoms with van der Waals surface area (Å²) in [5.74, 6) is 0. The van der Waals surface area contributed by atoms with E-state index in [1.807, 2.05) is 0 Å². The zero-order valence-electron chi connectivity index (χ0n) is 6.96. The van der Waals surface area contributed by atoms with E-state index in [0.717, 1.165) is 0 Å². The Labute approximate surface area is 74.6 Å². The van der Waals surface area contributed by atoms with E-state index in [4.69, 9.17) is 4.74 Å². The van der Waals surface area contributed by atoms with Crippen LogP contribution in [0.5, 0.6) is 0 Å². The lowest BCUT2D eigenvalue weighted by molar-refractivity contribution is 0.119. The molecule has 0 aromatic carbocycles. The molecule has 0 bridgehead atoms. The summed E-state index contributed by atoms with van der Waals surface area (Å²) in [6.45, 7) is 0.652. The first-order chi connectivity index (χ1) is 6.29. The Bertz CT molecular complexity index is 349. The highest BCUT2D eigenvalue weighted by atomic mass is 16.5. The molecule has 0 amide bonds. The predicted octanol–water partition coefficient (Wildman–Crippen LogP) is -0.825. The number of aliphatic hydroxyl groups is 1. The molecule has 5 nitrogen and oxygen atoms in total. The van der Waals surface area contributed by atoms with Gasteiger partial charge in [-0.05, 0) is 0 Å². The van der Waals surface area contributed by atoms with Crippen molar-refractivity contribution in [3.8, 4) is 0 Å². The summed E-state index contributed by atoms with van der Waals surface area (Å²) in [5, 5.41) is 9.45. The molecule has 13 heavy (non-hydrogen) atoms. The molecular formula is C8H10N2O3. The first-order valence-corrected chi connectivity index (χ1v) is 4.07. The van der Waals surface area contributed by atoms with Crippen LogP contribution in [-0.4, -0.2) is 34.0 Å². The smallest absolute Gasteiger partial charge is 0.253 e. The summed E-state index contributed by atoms with van der Waals surface area (Å²) in [4.78, 5) is 15.1. The van der Waals surface area contributed by atoms with Crippen molar-refractivity contribution in [3.63, 3.8) is 0 Å². The van der Waals surface area contributed by atoms with Gasteiger partial charge in [0.25, 0.3) is 5.56 Å². The molecule has 0 aliphatic carbocycles. The minimum atomic E-state index is -0.609. The fourth-order valence-electron chi connectivity index (χ4n) is 1.41. The van der Waals surface area contributed by atoms with E-state index in [1.165, 1.54) is 23.2 Å². The quantitative estimate of drug-likeness (QED) is 0.616. The number of hydrogen-bond donors (Lipinski definition) is 1. The summed E-state index contributed by atoms with van der Waals surface area (Å²) in [6.07, 6.45) is 2.24. The Morgan fingerprint density at radius 2 is 2.46 bits per heavy atom. The van der Waals surface area contributed by atoms with Crippen LogP contribution >= 0.6 is 0 Å². The van der Waals surface area contributed by atoms with Crippen LogP contribution in [0.15, 0.2) is 23.4 Å². The van der Waals surface area contributed by atoms with Gasteiger partial charge in [0.2, 0.25) is 0 Å². The van der Waals surface area contributed by atoms with E-state index in [9.17, 15) is 9.90 Å². The first-order valence-electron chi connectivity index (χ1n) is 4.07. The molecule has 1 fully saturated rings. The third-order valence-electron chi connectivity index (χ3n) is 2.13. The average molecular weight is 182 g/mol. The third kappa shape index (κ3) is 1.48. The van der Waals surface area contributed by atoms with Gasteiger partial charge in [-0.25, -0.2) is 4.98 Å². The van der Waals surface area contributed by atoms with E-state index < -0.39 is 6.10 Å². The molecule has 2 unspecified atom stereocenters. The number of nitrogens with zero attached hydrogens (tertiary/aromatic N) is 2. The molecule has 1 aliphatic rings. The fraction of sp³-hybridized carbons (Fsp3) is 0.500. The van der Waals surface area contributed by atoms with E-state index in [-0.39, 0.29) is 18.2 Å². The molecule has 5 heteroatoms. The third-order valence-corrected chi connectivity index (χ3v) is 2.13. The number of aliphatic hydroxyl groups excluding tert-OH is 1. The summed E-state index contributed by atoms with van der Waals surface area (Å²) < 4.78 is 6.44. The van der Waals surface area contributed by atoms with Gasteiger partial charge in [0.1, 0.15) is 6.10 Å². The standard InChI is InChI=1S/C8H10N2O3/c11-7-4-13-3-6(7)10-5-9-2-1-8(10)12/h1-2,5-7,11H,3-4H2. The molecule has 0 radical (unpaired) electrons. The molecule has 2 heterocycles. The van der Waals surface area contributed by atoms with Crippen LogP contribution in [0.4, 0.5) is 0 Å².